The average molecular weight is 323 g/mol. The minimum absolute atomic E-state index is 0.150. The van der Waals surface area contributed by atoms with Crippen molar-refractivity contribution in [3.05, 3.63) is 28.6 Å². The fourth-order valence-electron chi connectivity index (χ4n) is 2.32. The van der Waals surface area contributed by atoms with Gasteiger partial charge in [0.15, 0.2) is 0 Å². The quantitative estimate of drug-likeness (QED) is 0.856. The van der Waals surface area contributed by atoms with Crippen LogP contribution in [0.4, 0.5) is 0 Å². The van der Waals surface area contributed by atoms with Crippen molar-refractivity contribution in [2.45, 2.75) is 32.7 Å². The number of hydrogen-bond acceptors (Lipinski definition) is 5. The molecule has 0 radical (unpaired) electrons. The number of carbonyl (C=O) groups excluding carboxylic acids is 1. The van der Waals surface area contributed by atoms with Gasteiger partial charge in [-0.2, -0.15) is 0 Å². The van der Waals surface area contributed by atoms with Crippen molar-refractivity contribution >= 4 is 28.6 Å². The zero-order valence-corrected chi connectivity index (χ0v) is 14.2. The Kier molecular flexibility index (Phi) is 5.13. The van der Waals surface area contributed by atoms with Gasteiger partial charge in [0, 0.05) is 11.9 Å². The van der Waals surface area contributed by atoms with Gasteiger partial charge in [0.25, 0.3) is 5.91 Å². The Morgan fingerprint density at radius 1 is 1.48 bits per heavy atom. The highest BCUT2D eigenvalue weighted by Gasteiger charge is 2.27. The molecule has 0 aromatic carbocycles. The van der Waals surface area contributed by atoms with E-state index in [1.165, 1.54) is 11.3 Å². The van der Waals surface area contributed by atoms with Crippen molar-refractivity contribution in [3.8, 4) is 9.88 Å². The van der Waals surface area contributed by atoms with Crippen molar-refractivity contribution in [1.29, 1.82) is 0 Å². The largest absolute Gasteiger partial charge is 0.344 e. The molecule has 1 unspecified atom stereocenters. The third kappa shape index (κ3) is 4.12. The molecule has 4 nitrogen and oxygen atoms in total. The number of nitrogens with one attached hydrogen (secondary N) is 1. The van der Waals surface area contributed by atoms with E-state index >= 15 is 0 Å². The van der Waals surface area contributed by atoms with E-state index in [2.05, 4.69) is 24.1 Å². The van der Waals surface area contributed by atoms with Gasteiger partial charge in [0.2, 0.25) is 0 Å². The molecular formula is C15H21N3OS2. The first kappa shape index (κ1) is 16.1. The van der Waals surface area contributed by atoms with Crippen LogP contribution >= 0.6 is 22.7 Å². The minimum Gasteiger partial charge on any atom is -0.344 e. The number of thiophene rings is 1. The maximum absolute atomic E-state index is 12.4. The summed E-state index contributed by atoms with van der Waals surface area (Å²) in [4.78, 5) is 17.9. The van der Waals surface area contributed by atoms with Gasteiger partial charge >= 0.3 is 0 Å². The number of amides is 1. The lowest BCUT2D eigenvalue weighted by molar-refractivity contribution is 0.0894. The molecule has 0 bridgehead atoms. The Bertz CT molecular complexity index is 592. The molecule has 0 aliphatic rings. The number of carbonyl (C=O) groups is 1. The summed E-state index contributed by atoms with van der Waals surface area (Å²) in [7, 11) is 0. The summed E-state index contributed by atoms with van der Waals surface area (Å²) < 4.78 is 0. The molecule has 0 saturated heterocycles. The van der Waals surface area contributed by atoms with E-state index < -0.39 is 5.54 Å². The van der Waals surface area contributed by atoms with Crippen LogP contribution in [0.15, 0.2) is 22.9 Å². The second-order valence-electron chi connectivity index (χ2n) is 5.83. The normalized spacial score (nSPS) is 14.1. The van der Waals surface area contributed by atoms with Gasteiger partial charge < -0.3 is 11.1 Å². The number of aromatic nitrogens is 1. The second kappa shape index (κ2) is 6.68. The van der Waals surface area contributed by atoms with Gasteiger partial charge in [-0.1, -0.05) is 19.9 Å². The molecule has 0 aliphatic heterocycles. The fourth-order valence-corrected chi connectivity index (χ4v) is 3.93. The SMILES string of the molecule is CC(C)CC(C)(CN)NC(=O)c1csc(-c2cccs2)n1. The number of nitrogens with two attached hydrogens (primary N) is 1. The first-order valence-electron chi connectivity index (χ1n) is 6.95. The van der Waals surface area contributed by atoms with Crippen LogP contribution in [0.5, 0.6) is 0 Å². The standard InChI is InChI=1S/C15H21N3OS2/c1-10(2)7-15(3,9-16)18-13(19)11-8-21-14(17-11)12-5-4-6-20-12/h4-6,8,10H,7,9,16H2,1-3H3,(H,18,19). The van der Waals surface area contributed by atoms with Crippen LogP contribution in [0.2, 0.25) is 0 Å². The van der Waals surface area contributed by atoms with Crippen LogP contribution in [-0.2, 0) is 0 Å². The van der Waals surface area contributed by atoms with E-state index in [-0.39, 0.29) is 5.91 Å². The average Bonchev–Trinajstić information content (AvgIpc) is 3.08. The molecule has 0 spiro atoms. The summed E-state index contributed by atoms with van der Waals surface area (Å²) >= 11 is 3.11. The molecule has 2 aromatic rings. The molecule has 2 rings (SSSR count). The molecule has 0 saturated carbocycles. The Hall–Kier alpha value is -1.24. The molecule has 114 valence electrons. The maximum atomic E-state index is 12.4. The predicted molar refractivity (Wildman–Crippen MR) is 89.8 cm³/mol. The fraction of sp³-hybridized carbons (Fsp3) is 0.467. The van der Waals surface area contributed by atoms with E-state index in [1.807, 2.05) is 24.4 Å². The Morgan fingerprint density at radius 3 is 2.81 bits per heavy atom. The summed E-state index contributed by atoms with van der Waals surface area (Å²) in [6.07, 6.45) is 0.844. The summed E-state index contributed by atoms with van der Waals surface area (Å²) in [5, 5.41) is 7.72. The maximum Gasteiger partial charge on any atom is 0.271 e. The molecule has 1 atom stereocenters. The van der Waals surface area contributed by atoms with Crippen LogP contribution in [0.1, 0.15) is 37.7 Å². The van der Waals surface area contributed by atoms with Gasteiger partial charge in [0.05, 0.1) is 10.4 Å². The second-order valence-corrected chi connectivity index (χ2v) is 7.64. The lowest BCUT2D eigenvalue weighted by atomic mass is 9.90. The molecular weight excluding hydrogens is 302 g/mol. The van der Waals surface area contributed by atoms with E-state index in [0.29, 0.717) is 18.2 Å². The lowest BCUT2D eigenvalue weighted by Crippen LogP contribution is -2.52. The summed E-state index contributed by atoms with van der Waals surface area (Å²) in [6, 6.07) is 3.99. The zero-order valence-electron chi connectivity index (χ0n) is 12.6. The van der Waals surface area contributed by atoms with Crippen LogP contribution in [0.25, 0.3) is 9.88 Å². The van der Waals surface area contributed by atoms with Crippen LogP contribution in [0, 0.1) is 5.92 Å². The summed E-state index contributed by atoms with van der Waals surface area (Å²) in [6.45, 7) is 6.64. The van der Waals surface area contributed by atoms with Crippen molar-refractivity contribution in [3.63, 3.8) is 0 Å². The highest BCUT2D eigenvalue weighted by atomic mass is 32.1. The Balaban J connectivity index is 2.10. The molecule has 0 fully saturated rings. The first-order chi connectivity index (χ1) is 9.93. The van der Waals surface area contributed by atoms with Crippen molar-refractivity contribution < 1.29 is 4.79 Å². The smallest absolute Gasteiger partial charge is 0.271 e. The third-order valence-corrected chi connectivity index (χ3v) is 5.07. The van der Waals surface area contributed by atoms with E-state index in [0.717, 1.165) is 16.3 Å². The van der Waals surface area contributed by atoms with Gasteiger partial charge in [-0.25, -0.2) is 4.98 Å². The van der Waals surface area contributed by atoms with Crippen LogP contribution in [0.3, 0.4) is 0 Å². The van der Waals surface area contributed by atoms with Crippen molar-refractivity contribution in [1.82, 2.24) is 10.3 Å². The topological polar surface area (TPSA) is 68.0 Å². The van der Waals surface area contributed by atoms with Gasteiger partial charge in [-0.05, 0) is 30.7 Å². The third-order valence-electron chi connectivity index (χ3n) is 3.19. The first-order valence-corrected chi connectivity index (χ1v) is 8.71. The zero-order chi connectivity index (χ0) is 15.5. The Labute approximate surface area is 133 Å². The van der Waals surface area contributed by atoms with Crippen LogP contribution < -0.4 is 11.1 Å². The molecule has 3 N–H and O–H groups in total. The highest BCUT2D eigenvalue weighted by Crippen LogP contribution is 2.28. The highest BCUT2D eigenvalue weighted by molar-refractivity contribution is 7.20. The van der Waals surface area contributed by atoms with Crippen LogP contribution in [-0.4, -0.2) is 23.0 Å². The molecule has 2 heterocycles. The molecule has 1 amide bonds. The number of rotatable bonds is 6. The monoisotopic (exact) mass is 323 g/mol. The van der Waals surface area contributed by atoms with E-state index in [9.17, 15) is 4.79 Å². The molecule has 6 heteroatoms. The van der Waals surface area contributed by atoms with Gasteiger partial charge in [-0.15, -0.1) is 22.7 Å². The van der Waals surface area contributed by atoms with Crippen molar-refractivity contribution in [2.75, 3.05) is 6.54 Å². The number of nitrogens with zero attached hydrogens (tertiary/aromatic N) is 1. The molecule has 2 aromatic heterocycles. The van der Waals surface area contributed by atoms with Crippen molar-refractivity contribution in [2.24, 2.45) is 11.7 Å². The van der Waals surface area contributed by atoms with E-state index in [4.69, 9.17) is 5.73 Å². The van der Waals surface area contributed by atoms with Gasteiger partial charge in [-0.3, -0.25) is 4.79 Å². The number of thiazole rings is 1. The van der Waals surface area contributed by atoms with E-state index in [1.54, 1.807) is 16.7 Å². The lowest BCUT2D eigenvalue weighted by Gasteiger charge is -2.30. The Morgan fingerprint density at radius 2 is 2.24 bits per heavy atom. The van der Waals surface area contributed by atoms with Gasteiger partial charge in [0.1, 0.15) is 10.7 Å². The minimum atomic E-state index is -0.391. The summed E-state index contributed by atoms with van der Waals surface area (Å²) in [5.41, 5.74) is 5.91. The molecule has 0 aliphatic carbocycles. The molecule has 21 heavy (non-hydrogen) atoms. The predicted octanol–water partition coefficient (Wildman–Crippen LogP) is 3.36. The summed E-state index contributed by atoms with van der Waals surface area (Å²) in [5.74, 6) is 0.318. The number of hydrogen-bond donors (Lipinski definition) is 2.